The predicted molar refractivity (Wildman–Crippen MR) is 151 cm³/mol. The Hall–Kier alpha value is -3.65. The number of hydrogen-bond donors (Lipinski definition) is 1. The van der Waals surface area contributed by atoms with Gasteiger partial charge in [-0.25, -0.2) is 0 Å². The van der Waals surface area contributed by atoms with Crippen LogP contribution in [-0.2, 0) is 11.3 Å². The number of nitrogens with one attached hydrogen (secondary N) is 1. The molecule has 0 bridgehead atoms. The second-order valence-corrected chi connectivity index (χ2v) is 10.4. The molecule has 1 N–H and O–H groups in total. The smallest absolute Gasteiger partial charge is 0.273 e. The number of amides is 1. The van der Waals surface area contributed by atoms with E-state index in [2.05, 4.69) is 27.2 Å². The number of rotatable bonds is 9. The summed E-state index contributed by atoms with van der Waals surface area (Å²) in [7, 11) is 0. The topological polar surface area (TPSA) is 70.7 Å². The number of nitrogens with zero attached hydrogens (tertiary/aromatic N) is 3. The lowest BCUT2D eigenvalue weighted by Gasteiger charge is -2.29. The molecule has 3 aromatic carbocycles. The van der Waals surface area contributed by atoms with Gasteiger partial charge in [-0.15, -0.1) is 0 Å². The highest BCUT2D eigenvalue weighted by Gasteiger charge is 2.41. The molecule has 4 aromatic rings. The van der Waals surface area contributed by atoms with Crippen molar-refractivity contribution < 1.29 is 14.3 Å². The largest absolute Gasteiger partial charge is 0.489 e. The maximum Gasteiger partial charge on any atom is 0.273 e. The van der Waals surface area contributed by atoms with Crippen LogP contribution in [0.5, 0.6) is 5.75 Å². The Morgan fingerprint density at radius 1 is 0.949 bits per heavy atom. The maximum atomic E-state index is 13.6. The zero-order valence-corrected chi connectivity index (χ0v) is 22.4. The highest BCUT2D eigenvalue weighted by molar-refractivity contribution is 6.30. The summed E-state index contributed by atoms with van der Waals surface area (Å²) >= 11 is 6.00. The summed E-state index contributed by atoms with van der Waals surface area (Å²) in [6.07, 6.45) is 0.892. The fourth-order valence-electron chi connectivity index (χ4n) is 5.37. The first-order valence-corrected chi connectivity index (χ1v) is 13.8. The van der Waals surface area contributed by atoms with Gasteiger partial charge in [0.05, 0.1) is 24.9 Å². The molecule has 39 heavy (non-hydrogen) atoms. The quantitative estimate of drug-likeness (QED) is 0.299. The van der Waals surface area contributed by atoms with Crippen LogP contribution in [0.3, 0.4) is 0 Å². The Balaban J connectivity index is 1.25. The summed E-state index contributed by atoms with van der Waals surface area (Å²) in [6, 6.07) is 25.5. The normalized spacial score (nSPS) is 17.4. The molecule has 1 aromatic heterocycles. The second kappa shape index (κ2) is 11.6. The van der Waals surface area contributed by atoms with Crippen LogP contribution in [0.4, 0.5) is 0 Å². The summed E-state index contributed by atoms with van der Waals surface area (Å²) in [5.74, 6) is 0.766. The summed E-state index contributed by atoms with van der Waals surface area (Å²) in [5, 5.41) is 8.34. The molecule has 1 atom stereocenters. The van der Waals surface area contributed by atoms with E-state index in [9.17, 15) is 4.79 Å². The summed E-state index contributed by atoms with van der Waals surface area (Å²) in [4.78, 5) is 18.0. The SMILES string of the molecule is O=C1c2[nH]nc(-c3ccccc3)c2C(c2ccc(OCc3ccc(Cl)cc3)cc2)N1CCCN1CCOCC1. The highest BCUT2D eigenvalue weighted by atomic mass is 35.5. The molecule has 0 saturated carbocycles. The minimum Gasteiger partial charge on any atom is -0.489 e. The van der Waals surface area contributed by atoms with Crippen molar-refractivity contribution in [3.63, 3.8) is 0 Å². The van der Waals surface area contributed by atoms with Gasteiger partial charge in [-0.3, -0.25) is 14.8 Å². The zero-order chi connectivity index (χ0) is 26.6. The molecule has 200 valence electrons. The molecule has 0 radical (unpaired) electrons. The van der Waals surface area contributed by atoms with Crippen LogP contribution in [0, 0.1) is 0 Å². The van der Waals surface area contributed by atoms with Crippen molar-refractivity contribution in [1.29, 1.82) is 0 Å². The Morgan fingerprint density at radius 2 is 1.69 bits per heavy atom. The van der Waals surface area contributed by atoms with Crippen LogP contribution in [0.2, 0.25) is 5.02 Å². The third kappa shape index (κ3) is 5.57. The molecule has 8 heteroatoms. The predicted octanol–water partition coefficient (Wildman–Crippen LogP) is 5.58. The van der Waals surface area contributed by atoms with Crippen molar-refractivity contribution in [3.8, 4) is 17.0 Å². The van der Waals surface area contributed by atoms with E-state index in [1.807, 2.05) is 71.6 Å². The lowest BCUT2D eigenvalue weighted by molar-refractivity contribution is 0.0354. The molecule has 1 fully saturated rings. The van der Waals surface area contributed by atoms with E-state index < -0.39 is 0 Å². The molecular formula is C31H31ClN4O3. The van der Waals surface area contributed by atoms with Gasteiger partial charge in [0.15, 0.2) is 0 Å². The second-order valence-electron chi connectivity index (χ2n) is 9.92. The van der Waals surface area contributed by atoms with Crippen molar-refractivity contribution in [3.05, 3.63) is 106 Å². The zero-order valence-electron chi connectivity index (χ0n) is 21.7. The number of aromatic nitrogens is 2. The first-order chi connectivity index (χ1) is 19.2. The third-order valence-electron chi connectivity index (χ3n) is 7.40. The molecule has 1 amide bonds. The Kier molecular flexibility index (Phi) is 7.63. The van der Waals surface area contributed by atoms with Crippen molar-refractivity contribution in [1.82, 2.24) is 20.0 Å². The van der Waals surface area contributed by atoms with Crippen molar-refractivity contribution in [2.75, 3.05) is 39.4 Å². The van der Waals surface area contributed by atoms with Gasteiger partial charge in [0.25, 0.3) is 5.91 Å². The minimum atomic E-state index is -0.225. The molecular weight excluding hydrogens is 512 g/mol. The number of carbonyl (C=O) groups excluding carboxylic acids is 1. The van der Waals surface area contributed by atoms with Gasteiger partial charge >= 0.3 is 0 Å². The number of hydrogen-bond acceptors (Lipinski definition) is 5. The molecule has 3 heterocycles. The van der Waals surface area contributed by atoms with Gasteiger partial charge in [-0.05, 0) is 41.8 Å². The number of benzene rings is 3. The average Bonchev–Trinajstić information content (AvgIpc) is 3.53. The Bertz CT molecular complexity index is 1400. The molecule has 0 spiro atoms. The minimum absolute atomic E-state index is 0.00489. The van der Waals surface area contributed by atoms with Crippen LogP contribution in [0.15, 0.2) is 78.9 Å². The van der Waals surface area contributed by atoms with Gasteiger partial charge in [0, 0.05) is 42.3 Å². The number of fused-ring (bicyclic) bond motifs is 1. The van der Waals surface area contributed by atoms with Crippen LogP contribution in [0.25, 0.3) is 11.3 Å². The third-order valence-corrected chi connectivity index (χ3v) is 7.65. The molecule has 2 aliphatic heterocycles. The van der Waals surface area contributed by atoms with Crippen molar-refractivity contribution in [2.24, 2.45) is 0 Å². The summed E-state index contributed by atoms with van der Waals surface area (Å²) < 4.78 is 11.5. The fourth-order valence-corrected chi connectivity index (χ4v) is 5.50. The van der Waals surface area contributed by atoms with Crippen LogP contribution in [0.1, 0.15) is 39.6 Å². The van der Waals surface area contributed by atoms with E-state index in [0.717, 1.165) is 73.0 Å². The van der Waals surface area contributed by atoms with E-state index in [0.29, 0.717) is 23.9 Å². The van der Waals surface area contributed by atoms with Crippen LogP contribution in [-0.4, -0.2) is 65.3 Å². The van der Waals surface area contributed by atoms with Crippen LogP contribution < -0.4 is 4.74 Å². The van der Waals surface area contributed by atoms with Gasteiger partial charge in [0.2, 0.25) is 0 Å². The molecule has 7 nitrogen and oxygen atoms in total. The molecule has 1 saturated heterocycles. The molecule has 6 rings (SSSR count). The van der Waals surface area contributed by atoms with Crippen molar-refractivity contribution in [2.45, 2.75) is 19.1 Å². The van der Waals surface area contributed by atoms with Gasteiger partial charge < -0.3 is 14.4 Å². The highest BCUT2D eigenvalue weighted by Crippen LogP contribution is 2.43. The fraction of sp³-hybridized carbons (Fsp3) is 0.290. The Labute approximate surface area is 233 Å². The van der Waals surface area contributed by atoms with E-state index in [1.165, 1.54) is 0 Å². The number of morpholine rings is 1. The van der Waals surface area contributed by atoms with Crippen molar-refractivity contribution >= 4 is 17.5 Å². The maximum absolute atomic E-state index is 13.6. The van der Waals surface area contributed by atoms with Crippen LogP contribution >= 0.6 is 11.6 Å². The van der Waals surface area contributed by atoms with Gasteiger partial charge in [0.1, 0.15) is 18.1 Å². The lowest BCUT2D eigenvalue weighted by Crippen LogP contribution is -2.38. The average molecular weight is 543 g/mol. The number of H-pyrrole nitrogens is 1. The van der Waals surface area contributed by atoms with Gasteiger partial charge in [-0.2, -0.15) is 5.10 Å². The molecule has 0 aliphatic carbocycles. The first kappa shape index (κ1) is 25.6. The van der Waals surface area contributed by atoms with E-state index in [4.69, 9.17) is 21.1 Å². The number of ether oxygens (including phenoxy) is 2. The number of carbonyl (C=O) groups is 1. The van der Waals surface area contributed by atoms with E-state index >= 15 is 0 Å². The number of aromatic amines is 1. The monoisotopic (exact) mass is 542 g/mol. The summed E-state index contributed by atoms with van der Waals surface area (Å²) in [5.41, 5.74) is 5.41. The van der Waals surface area contributed by atoms with Gasteiger partial charge in [-0.1, -0.05) is 66.2 Å². The van der Waals surface area contributed by atoms with E-state index in [1.54, 1.807) is 0 Å². The summed E-state index contributed by atoms with van der Waals surface area (Å²) in [6.45, 7) is 5.48. The Morgan fingerprint density at radius 3 is 2.44 bits per heavy atom. The number of halogens is 1. The standard InChI is InChI=1S/C31H31ClN4O3/c32-25-11-7-22(8-12-25)21-39-26-13-9-24(10-14-26)30-27-28(23-5-2-1-3-6-23)33-34-29(27)31(37)36(30)16-4-15-35-17-19-38-20-18-35/h1-3,5-14,30H,4,15-21H2,(H,33,34). The van der Waals surface area contributed by atoms with E-state index in [-0.39, 0.29) is 11.9 Å². The molecule has 1 unspecified atom stereocenters. The lowest BCUT2D eigenvalue weighted by atomic mass is 9.96. The first-order valence-electron chi connectivity index (χ1n) is 13.4. The molecule has 2 aliphatic rings.